The first-order valence-corrected chi connectivity index (χ1v) is 15.8. The number of likely N-dealkylation sites (tertiary alicyclic amines) is 1. The van der Waals surface area contributed by atoms with E-state index in [1.807, 2.05) is 86.6 Å². The Morgan fingerprint density at radius 1 is 0.956 bits per heavy atom. The van der Waals surface area contributed by atoms with Crippen molar-refractivity contribution in [1.82, 2.24) is 4.90 Å². The minimum absolute atomic E-state index is 0.215. The number of anilines is 2. The molecule has 3 aliphatic rings. The van der Waals surface area contributed by atoms with Gasteiger partial charge in [-0.15, -0.1) is 13.2 Å². The van der Waals surface area contributed by atoms with Crippen LogP contribution in [0.15, 0.2) is 98.1 Å². The molecule has 6 atom stereocenters. The molecule has 1 N–H and O–H groups in total. The van der Waals surface area contributed by atoms with Crippen LogP contribution in [0.4, 0.5) is 11.4 Å². The van der Waals surface area contributed by atoms with Crippen molar-refractivity contribution in [3.63, 3.8) is 0 Å². The second-order valence-corrected chi connectivity index (χ2v) is 12.6. The van der Waals surface area contributed by atoms with Crippen LogP contribution in [-0.2, 0) is 19.1 Å². The van der Waals surface area contributed by atoms with Gasteiger partial charge in [0, 0.05) is 24.5 Å². The highest BCUT2D eigenvalue weighted by Gasteiger charge is 2.78. The first kappa shape index (κ1) is 30.7. The zero-order valence-corrected chi connectivity index (χ0v) is 26.0. The Morgan fingerprint density at radius 2 is 1.60 bits per heavy atom. The summed E-state index contributed by atoms with van der Waals surface area (Å²) in [6.07, 6.45) is 4.75. The lowest BCUT2D eigenvalue weighted by molar-refractivity contribution is -0.148. The Bertz CT molecular complexity index is 1640. The van der Waals surface area contributed by atoms with Crippen molar-refractivity contribution in [2.75, 3.05) is 29.5 Å². The smallest absolute Gasteiger partial charge is 0.253 e. The molecule has 3 amide bonds. The molecule has 6 rings (SSSR count). The van der Waals surface area contributed by atoms with E-state index in [2.05, 4.69) is 13.2 Å². The predicted molar refractivity (Wildman–Crippen MR) is 176 cm³/mol. The van der Waals surface area contributed by atoms with E-state index in [1.54, 1.807) is 22.0 Å². The van der Waals surface area contributed by atoms with E-state index in [-0.39, 0.29) is 37.4 Å². The second kappa shape index (κ2) is 11.9. The lowest BCUT2D eigenvalue weighted by Gasteiger charge is -2.39. The van der Waals surface area contributed by atoms with Crippen molar-refractivity contribution < 1.29 is 24.2 Å². The molecule has 8 heteroatoms. The van der Waals surface area contributed by atoms with Gasteiger partial charge in [0.1, 0.15) is 11.6 Å². The number of carbonyl (C=O) groups excluding carboxylic acids is 3. The van der Waals surface area contributed by atoms with Crippen molar-refractivity contribution in [1.29, 1.82) is 0 Å². The summed E-state index contributed by atoms with van der Waals surface area (Å²) < 4.78 is 6.89. The molecule has 2 unspecified atom stereocenters. The number of carbonyl (C=O) groups is 3. The van der Waals surface area contributed by atoms with Gasteiger partial charge in [-0.1, -0.05) is 67.6 Å². The molecule has 234 valence electrons. The van der Waals surface area contributed by atoms with E-state index in [0.29, 0.717) is 30.6 Å². The van der Waals surface area contributed by atoms with Crippen LogP contribution in [-0.4, -0.2) is 70.7 Å². The van der Waals surface area contributed by atoms with Crippen LogP contribution >= 0.6 is 0 Å². The van der Waals surface area contributed by atoms with Crippen LogP contribution in [0.3, 0.4) is 0 Å². The van der Waals surface area contributed by atoms with E-state index < -0.39 is 35.1 Å². The SMILES string of the molecule is C=CCN(C(=O)C1N([C@@H](CC)CO)C(=O)[C@@H]2[C@H](C(=O)N(CC=C)c3ccccc3)[C@]3(C)CCC12O3)c1ccc2ccccc2c1. The van der Waals surface area contributed by atoms with Crippen molar-refractivity contribution in [2.24, 2.45) is 11.8 Å². The maximum absolute atomic E-state index is 14.9. The molecule has 0 radical (unpaired) electrons. The number of para-hydroxylation sites is 1. The highest BCUT2D eigenvalue weighted by atomic mass is 16.5. The third kappa shape index (κ3) is 4.78. The number of ether oxygens (including phenoxy) is 1. The summed E-state index contributed by atoms with van der Waals surface area (Å²) in [5.74, 6) is -2.55. The number of hydrogen-bond donors (Lipinski definition) is 1. The van der Waals surface area contributed by atoms with Gasteiger partial charge < -0.3 is 24.5 Å². The van der Waals surface area contributed by atoms with Crippen LogP contribution in [0, 0.1) is 11.8 Å². The number of fused-ring (bicyclic) bond motifs is 2. The number of amides is 3. The summed E-state index contributed by atoms with van der Waals surface area (Å²) in [5, 5.41) is 12.5. The number of aliphatic hydroxyl groups is 1. The van der Waals surface area contributed by atoms with Gasteiger partial charge in [0.2, 0.25) is 11.8 Å². The maximum atomic E-state index is 14.9. The summed E-state index contributed by atoms with van der Waals surface area (Å²) >= 11 is 0. The molecule has 3 fully saturated rings. The van der Waals surface area contributed by atoms with Crippen LogP contribution in [0.2, 0.25) is 0 Å². The Kier molecular flexibility index (Phi) is 8.14. The Balaban J connectivity index is 1.46. The van der Waals surface area contributed by atoms with Crippen molar-refractivity contribution >= 4 is 39.9 Å². The van der Waals surface area contributed by atoms with Gasteiger partial charge in [0.15, 0.2) is 0 Å². The fourth-order valence-electron chi connectivity index (χ4n) is 8.00. The van der Waals surface area contributed by atoms with Gasteiger partial charge in [0.05, 0.1) is 30.1 Å². The molecular weight excluding hydrogens is 566 g/mol. The van der Waals surface area contributed by atoms with Crippen LogP contribution in [0.25, 0.3) is 10.8 Å². The average molecular weight is 608 g/mol. The largest absolute Gasteiger partial charge is 0.394 e. The Labute approximate surface area is 264 Å². The van der Waals surface area contributed by atoms with Gasteiger partial charge in [0.25, 0.3) is 5.91 Å². The summed E-state index contributed by atoms with van der Waals surface area (Å²) in [7, 11) is 0. The van der Waals surface area contributed by atoms with Gasteiger partial charge in [-0.25, -0.2) is 0 Å². The molecule has 3 heterocycles. The Hall–Kier alpha value is -4.27. The Morgan fingerprint density at radius 3 is 2.24 bits per heavy atom. The summed E-state index contributed by atoms with van der Waals surface area (Å²) in [6.45, 7) is 11.7. The number of aliphatic hydroxyl groups excluding tert-OH is 1. The van der Waals surface area contributed by atoms with E-state index in [0.717, 1.165) is 10.8 Å². The lowest BCUT2D eigenvalue weighted by atomic mass is 9.66. The minimum Gasteiger partial charge on any atom is -0.394 e. The fraction of sp³-hybridized carbons (Fsp3) is 0.378. The van der Waals surface area contributed by atoms with Gasteiger partial charge >= 0.3 is 0 Å². The van der Waals surface area contributed by atoms with Crippen molar-refractivity contribution in [3.05, 3.63) is 98.1 Å². The molecule has 0 aliphatic carbocycles. The third-order valence-corrected chi connectivity index (χ3v) is 10.1. The minimum atomic E-state index is -1.22. The maximum Gasteiger partial charge on any atom is 0.253 e. The molecule has 3 aliphatic heterocycles. The predicted octanol–water partition coefficient (Wildman–Crippen LogP) is 5.11. The standard InChI is InChI=1S/C37H41N3O5/c1-5-21-38(28-15-9-8-10-16-28)33(42)30-31-34(43)40(27(7-3)24-41)32(37(31)20-19-36(30,4)45-37)35(44)39(22-6-2)29-18-17-25-13-11-12-14-26(25)23-29/h5-6,8-18,23,27,30-32,41H,1-2,7,19-22,24H2,3-4H3/t27-,30+,31-,32?,36-,37?/m0/s1. The van der Waals surface area contributed by atoms with Crippen molar-refractivity contribution in [2.45, 2.75) is 56.4 Å². The van der Waals surface area contributed by atoms with E-state index in [1.165, 1.54) is 4.90 Å². The van der Waals surface area contributed by atoms with E-state index in [9.17, 15) is 19.5 Å². The highest BCUT2D eigenvalue weighted by Crippen LogP contribution is 2.64. The normalized spacial score (nSPS) is 27.3. The van der Waals surface area contributed by atoms with Crippen LogP contribution in [0.1, 0.15) is 33.1 Å². The quantitative estimate of drug-likeness (QED) is 0.306. The first-order valence-electron chi connectivity index (χ1n) is 15.8. The molecule has 3 aromatic carbocycles. The van der Waals surface area contributed by atoms with E-state index >= 15 is 0 Å². The van der Waals surface area contributed by atoms with Gasteiger partial charge in [-0.05, 0) is 61.2 Å². The number of hydrogen-bond acceptors (Lipinski definition) is 5. The molecule has 0 aromatic heterocycles. The molecule has 3 saturated heterocycles. The fourth-order valence-corrected chi connectivity index (χ4v) is 8.00. The van der Waals surface area contributed by atoms with Crippen LogP contribution < -0.4 is 9.80 Å². The lowest BCUT2D eigenvalue weighted by Crippen LogP contribution is -2.59. The molecule has 2 bridgehead atoms. The molecule has 0 saturated carbocycles. The van der Waals surface area contributed by atoms with Gasteiger partial charge in [-0.3, -0.25) is 14.4 Å². The topological polar surface area (TPSA) is 90.4 Å². The second-order valence-electron chi connectivity index (χ2n) is 12.6. The van der Waals surface area contributed by atoms with Crippen molar-refractivity contribution in [3.8, 4) is 0 Å². The molecular formula is C37H41N3O5. The average Bonchev–Trinajstić information content (AvgIpc) is 3.63. The molecule has 45 heavy (non-hydrogen) atoms. The monoisotopic (exact) mass is 607 g/mol. The molecule has 8 nitrogen and oxygen atoms in total. The summed E-state index contributed by atoms with van der Waals surface area (Å²) in [4.78, 5) is 49.0. The number of nitrogens with zero attached hydrogens (tertiary/aromatic N) is 3. The number of benzene rings is 3. The van der Waals surface area contributed by atoms with Gasteiger partial charge in [-0.2, -0.15) is 0 Å². The first-order chi connectivity index (χ1) is 21.7. The zero-order chi connectivity index (χ0) is 31.9. The number of rotatable bonds is 11. The zero-order valence-electron chi connectivity index (χ0n) is 26.0. The van der Waals surface area contributed by atoms with Crippen LogP contribution in [0.5, 0.6) is 0 Å². The van der Waals surface area contributed by atoms with E-state index in [4.69, 9.17) is 4.74 Å². The molecule has 3 aromatic rings. The summed E-state index contributed by atoms with van der Waals surface area (Å²) in [5.41, 5.74) is -0.786. The summed E-state index contributed by atoms with van der Waals surface area (Å²) in [6, 6.07) is 21.5. The highest BCUT2D eigenvalue weighted by molar-refractivity contribution is 6.07. The molecule has 1 spiro atoms. The third-order valence-electron chi connectivity index (χ3n) is 10.1.